The molecule has 2 heterocycles. The highest BCUT2D eigenvalue weighted by Gasteiger charge is 2.25. The van der Waals surface area contributed by atoms with E-state index in [2.05, 4.69) is 15.5 Å². The summed E-state index contributed by atoms with van der Waals surface area (Å²) in [6.45, 7) is 0.544. The van der Waals surface area contributed by atoms with Crippen molar-refractivity contribution in [2.75, 3.05) is 30.9 Å². The number of nitrogens with one attached hydrogen (secondary N) is 2. The molecule has 1 fully saturated rings. The molecule has 0 unspecified atom stereocenters. The average Bonchev–Trinajstić information content (AvgIpc) is 3.42. The molecule has 10 nitrogen and oxygen atoms in total. The smallest absolute Gasteiger partial charge is 0.287 e. The van der Waals surface area contributed by atoms with Crippen molar-refractivity contribution in [3.63, 3.8) is 0 Å². The minimum Gasteiger partial charge on any atom is -0.451 e. The third-order valence-corrected chi connectivity index (χ3v) is 7.80. The van der Waals surface area contributed by atoms with Gasteiger partial charge in [0.15, 0.2) is 5.76 Å². The first-order chi connectivity index (χ1) is 18.8. The van der Waals surface area contributed by atoms with Crippen molar-refractivity contribution in [3.05, 3.63) is 62.5 Å². The van der Waals surface area contributed by atoms with Crippen molar-refractivity contribution in [2.45, 2.75) is 57.4 Å². The van der Waals surface area contributed by atoms with Crippen molar-refractivity contribution in [1.82, 2.24) is 15.3 Å². The standard InChI is InChI=1S/C28H33ClN6O4/c1-34(2)26-20-5-3-4-6-22(20)32-28(33-26)31-19-10-7-17(8-11-19)16-30-27(36)25-14-13-24(39-25)21-12-9-18(29)15-23(21)35(37)38/h9,12-15,17,19H,3-8,10-11,16H2,1-2H3,(H,30,36)(H,31,32,33)/t17-,19+. The molecule has 2 aromatic heterocycles. The molecule has 0 bridgehead atoms. The fourth-order valence-electron chi connectivity index (χ4n) is 5.50. The van der Waals surface area contributed by atoms with Crippen LogP contribution in [-0.4, -0.2) is 47.5 Å². The van der Waals surface area contributed by atoms with Crippen LogP contribution in [-0.2, 0) is 12.8 Å². The topological polar surface area (TPSA) is 126 Å². The van der Waals surface area contributed by atoms with E-state index in [0.717, 1.165) is 44.3 Å². The molecule has 0 aliphatic heterocycles. The molecule has 3 aromatic rings. The maximum atomic E-state index is 12.7. The molecule has 2 aliphatic rings. The Kier molecular flexibility index (Phi) is 8.02. The fraction of sp³-hybridized carbons (Fsp3) is 0.464. The van der Waals surface area contributed by atoms with E-state index in [9.17, 15) is 14.9 Å². The predicted molar refractivity (Wildman–Crippen MR) is 151 cm³/mol. The Bertz CT molecular complexity index is 1370. The number of aromatic nitrogens is 2. The number of furan rings is 1. The summed E-state index contributed by atoms with van der Waals surface area (Å²) in [5, 5.41) is 18.2. The van der Waals surface area contributed by atoms with Gasteiger partial charge in [0.25, 0.3) is 11.6 Å². The minimum atomic E-state index is -0.520. The number of nitrogens with zero attached hydrogens (tertiary/aromatic N) is 4. The normalized spacial score (nSPS) is 18.7. The number of aryl methyl sites for hydroxylation is 1. The van der Waals surface area contributed by atoms with Gasteiger partial charge in [0.1, 0.15) is 11.6 Å². The lowest BCUT2D eigenvalue weighted by atomic mass is 9.86. The first-order valence-corrected chi connectivity index (χ1v) is 13.8. The summed E-state index contributed by atoms with van der Waals surface area (Å²) in [6, 6.07) is 7.73. The molecule has 2 N–H and O–H groups in total. The molecule has 39 heavy (non-hydrogen) atoms. The van der Waals surface area contributed by atoms with E-state index in [4.69, 9.17) is 26.0 Å². The number of carbonyl (C=O) groups excluding carboxylic acids is 1. The maximum Gasteiger partial charge on any atom is 0.287 e. The van der Waals surface area contributed by atoms with Crippen LogP contribution in [0.25, 0.3) is 11.3 Å². The second-order valence-electron chi connectivity index (χ2n) is 10.6. The van der Waals surface area contributed by atoms with Crippen LogP contribution in [0.15, 0.2) is 34.7 Å². The lowest BCUT2D eigenvalue weighted by molar-refractivity contribution is -0.384. The third-order valence-electron chi connectivity index (χ3n) is 7.57. The number of amides is 1. The van der Waals surface area contributed by atoms with E-state index in [-0.39, 0.29) is 33.7 Å². The van der Waals surface area contributed by atoms with Crippen LogP contribution in [0.3, 0.4) is 0 Å². The Morgan fingerprint density at radius 1 is 1.13 bits per heavy atom. The molecule has 1 aromatic carbocycles. The van der Waals surface area contributed by atoms with E-state index >= 15 is 0 Å². The summed E-state index contributed by atoms with van der Waals surface area (Å²) >= 11 is 5.90. The monoisotopic (exact) mass is 552 g/mol. The van der Waals surface area contributed by atoms with Crippen LogP contribution in [0.2, 0.25) is 5.02 Å². The molecule has 0 atom stereocenters. The van der Waals surface area contributed by atoms with Crippen molar-refractivity contribution < 1.29 is 14.1 Å². The maximum absolute atomic E-state index is 12.7. The van der Waals surface area contributed by atoms with Gasteiger partial charge in [0.05, 0.1) is 16.2 Å². The molecular formula is C28H33ClN6O4. The number of carbonyl (C=O) groups is 1. The highest BCUT2D eigenvalue weighted by atomic mass is 35.5. The lowest BCUT2D eigenvalue weighted by Crippen LogP contribution is -2.34. The number of anilines is 2. The quantitative estimate of drug-likeness (QED) is 0.271. The Hall–Kier alpha value is -3.66. The molecule has 1 amide bonds. The van der Waals surface area contributed by atoms with Crippen LogP contribution in [0, 0.1) is 16.0 Å². The Balaban J connectivity index is 1.14. The first-order valence-electron chi connectivity index (χ1n) is 13.4. The lowest BCUT2D eigenvalue weighted by Gasteiger charge is -2.30. The van der Waals surface area contributed by atoms with Crippen molar-refractivity contribution in [3.8, 4) is 11.3 Å². The van der Waals surface area contributed by atoms with Gasteiger partial charge in [-0.3, -0.25) is 14.9 Å². The van der Waals surface area contributed by atoms with Crippen LogP contribution in [0.1, 0.15) is 60.3 Å². The molecule has 1 saturated carbocycles. The van der Waals surface area contributed by atoms with Crippen LogP contribution in [0.5, 0.6) is 0 Å². The second-order valence-corrected chi connectivity index (χ2v) is 11.0. The summed E-state index contributed by atoms with van der Waals surface area (Å²) in [6.07, 6.45) is 8.32. The van der Waals surface area contributed by atoms with Gasteiger partial charge in [0, 0.05) is 43.3 Å². The van der Waals surface area contributed by atoms with Gasteiger partial charge < -0.3 is 20.0 Å². The number of nitro benzene ring substituents is 1. The summed E-state index contributed by atoms with van der Waals surface area (Å²) in [7, 11) is 4.07. The number of rotatable bonds is 8. The Morgan fingerprint density at radius 3 is 2.64 bits per heavy atom. The number of fused-ring (bicyclic) bond motifs is 1. The Labute approximate surface area is 232 Å². The number of halogens is 1. The van der Waals surface area contributed by atoms with Crippen molar-refractivity contribution in [2.24, 2.45) is 5.92 Å². The first kappa shape index (κ1) is 26.9. The summed E-state index contributed by atoms with van der Waals surface area (Å²) in [4.78, 5) is 35.4. The largest absolute Gasteiger partial charge is 0.451 e. The summed E-state index contributed by atoms with van der Waals surface area (Å²) in [5.41, 5.74) is 2.56. The zero-order valence-electron chi connectivity index (χ0n) is 22.2. The van der Waals surface area contributed by atoms with Crippen LogP contribution >= 0.6 is 11.6 Å². The molecule has 0 spiro atoms. The molecular weight excluding hydrogens is 520 g/mol. The van der Waals surface area contributed by atoms with Crippen LogP contribution < -0.4 is 15.5 Å². The van der Waals surface area contributed by atoms with E-state index in [1.165, 1.54) is 42.3 Å². The van der Waals surface area contributed by atoms with Crippen molar-refractivity contribution in [1.29, 1.82) is 0 Å². The summed E-state index contributed by atoms with van der Waals surface area (Å²) < 4.78 is 5.66. The molecule has 0 saturated heterocycles. The number of hydrogen-bond donors (Lipinski definition) is 2. The Morgan fingerprint density at radius 2 is 1.90 bits per heavy atom. The molecule has 5 rings (SSSR count). The fourth-order valence-corrected chi connectivity index (χ4v) is 5.66. The van der Waals surface area contributed by atoms with E-state index in [0.29, 0.717) is 24.5 Å². The van der Waals surface area contributed by atoms with Crippen LogP contribution in [0.4, 0.5) is 17.5 Å². The zero-order valence-corrected chi connectivity index (χ0v) is 23.0. The average molecular weight is 553 g/mol. The molecule has 2 aliphatic carbocycles. The highest BCUT2D eigenvalue weighted by Crippen LogP contribution is 2.34. The van der Waals surface area contributed by atoms with E-state index < -0.39 is 4.92 Å². The van der Waals surface area contributed by atoms with Gasteiger partial charge in [-0.05, 0) is 81.5 Å². The minimum absolute atomic E-state index is 0.117. The van der Waals surface area contributed by atoms with E-state index in [1.807, 2.05) is 14.1 Å². The second kappa shape index (κ2) is 11.6. The van der Waals surface area contributed by atoms with Gasteiger partial charge >= 0.3 is 0 Å². The molecule has 0 radical (unpaired) electrons. The van der Waals surface area contributed by atoms with Crippen molar-refractivity contribution >= 4 is 35.0 Å². The van der Waals surface area contributed by atoms with Gasteiger partial charge in [-0.25, -0.2) is 4.98 Å². The highest BCUT2D eigenvalue weighted by molar-refractivity contribution is 6.30. The third kappa shape index (κ3) is 6.16. The van der Waals surface area contributed by atoms with Gasteiger partial charge in [-0.1, -0.05) is 11.6 Å². The van der Waals surface area contributed by atoms with Gasteiger partial charge in [0.2, 0.25) is 5.95 Å². The predicted octanol–water partition coefficient (Wildman–Crippen LogP) is 5.64. The van der Waals surface area contributed by atoms with Gasteiger partial charge in [-0.15, -0.1) is 0 Å². The molecule has 11 heteroatoms. The number of nitro groups is 1. The SMILES string of the molecule is CN(C)c1nc(N[C@H]2CC[C@@H](CNC(=O)c3ccc(-c4ccc(Cl)cc4[N+](=O)[O-])o3)CC2)nc2c1CCCC2. The summed E-state index contributed by atoms with van der Waals surface area (Å²) in [5.74, 6) is 2.12. The van der Waals surface area contributed by atoms with Gasteiger partial charge in [-0.2, -0.15) is 4.98 Å². The molecule has 206 valence electrons. The van der Waals surface area contributed by atoms with E-state index in [1.54, 1.807) is 12.1 Å². The number of benzene rings is 1. The zero-order chi connectivity index (χ0) is 27.5. The number of hydrogen-bond acceptors (Lipinski definition) is 8.